The zero-order valence-electron chi connectivity index (χ0n) is 15.6. The van der Waals surface area contributed by atoms with Gasteiger partial charge in [-0.2, -0.15) is 0 Å². The fourth-order valence-corrected chi connectivity index (χ4v) is 3.67. The number of amides is 2. The van der Waals surface area contributed by atoms with Crippen LogP contribution in [-0.4, -0.2) is 65.9 Å². The Labute approximate surface area is 157 Å². The van der Waals surface area contributed by atoms with E-state index < -0.39 is 0 Å². The third-order valence-electron chi connectivity index (χ3n) is 5.38. The first kappa shape index (κ1) is 17.8. The smallest absolute Gasteiger partial charge is 0.317 e. The molecule has 4 rings (SSSR count). The predicted molar refractivity (Wildman–Crippen MR) is 103 cm³/mol. The Balaban J connectivity index is 1.38. The lowest BCUT2D eigenvalue weighted by Crippen LogP contribution is -2.54. The molecule has 2 aliphatic heterocycles. The van der Waals surface area contributed by atoms with Gasteiger partial charge in [-0.15, -0.1) is 0 Å². The monoisotopic (exact) mass is 371 g/mol. The van der Waals surface area contributed by atoms with Gasteiger partial charge in [0.15, 0.2) is 0 Å². The molecule has 2 aromatic rings. The third-order valence-corrected chi connectivity index (χ3v) is 5.38. The van der Waals surface area contributed by atoms with Crippen LogP contribution in [0, 0.1) is 0 Å². The van der Waals surface area contributed by atoms with Gasteiger partial charge in [-0.3, -0.25) is 4.79 Å². The summed E-state index contributed by atoms with van der Waals surface area (Å²) in [6, 6.07) is 5.99. The number of aromatic nitrogens is 2. The van der Waals surface area contributed by atoms with Crippen molar-refractivity contribution in [1.82, 2.24) is 19.8 Å². The molecule has 2 saturated heterocycles. The Morgan fingerprint density at radius 3 is 2.67 bits per heavy atom. The highest BCUT2D eigenvalue weighted by Gasteiger charge is 2.24. The molecule has 3 heterocycles. The summed E-state index contributed by atoms with van der Waals surface area (Å²) in [6.07, 6.45) is 3.32. The van der Waals surface area contributed by atoms with E-state index in [2.05, 4.69) is 15.2 Å². The van der Waals surface area contributed by atoms with Gasteiger partial charge in [0.1, 0.15) is 0 Å². The van der Waals surface area contributed by atoms with E-state index in [1.165, 1.54) is 4.57 Å². The maximum atomic E-state index is 12.5. The Bertz CT molecular complexity index is 883. The Kier molecular flexibility index (Phi) is 4.98. The molecule has 8 nitrogen and oxygen atoms in total. The Morgan fingerprint density at radius 1 is 1.19 bits per heavy atom. The fourth-order valence-electron chi connectivity index (χ4n) is 3.67. The second kappa shape index (κ2) is 7.56. The van der Waals surface area contributed by atoms with Gasteiger partial charge in [-0.05, 0) is 31.0 Å². The van der Waals surface area contributed by atoms with Gasteiger partial charge in [0.2, 0.25) is 0 Å². The summed E-state index contributed by atoms with van der Waals surface area (Å²) in [4.78, 5) is 33.1. The molecule has 0 spiro atoms. The van der Waals surface area contributed by atoms with E-state index in [9.17, 15) is 9.59 Å². The number of anilines is 1. The molecule has 0 saturated carbocycles. The average Bonchev–Trinajstić information content (AvgIpc) is 2.71. The summed E-state index contributed by atoms with van der Waals surface area (Å²) in [7, 11) is 1.70. The highest BCUT2D eigenvalue weighted by atomic mass is 16.5. The Morgan fingerprint density at radius 2 is 1.93 bits per heavy atom. The molecule has 0 radical (unpaired) electrons. The van der Waals surface area contributed by atoms with Crippen LogP contribution in [-0.2, 0) is 11.8 Å². The van der Waals surface area contributed by atoms with E-state index in [0.717, 1.165) is 44.8 Å². The van der Waals surface area contributed by atoms with Crippen molar-refractivity contribution in [1.29, 1.82) is 0 Å². The van der Waals surface area contributed by atoms with Crippen molar-refractivity contribution in [2.45, 2.75) is 18.9 Å². The van der Waals surface area contributed by atoms with Crippen molar-refractivity contribution in [2.75, 3.05) is 44.3 Å². The highest BCUT2D eigenvalue weighted by molar-refractivity contribution is 5.81. The zero-order valence-corrected chi connectivity index (χ0v) is 15.6. The number of nitrogens with one attached hydrogen (secondary N) is 1. The topological polar surface area (TPSA) is 79.7 Å². The molecule has 1 N–H and O–H groups in total. The van der Waals surface area contributed by atoms with E-state index in [4.69, 9.17) is 4.74 Å². The van der Waals surface area contributed by atoms with Crippen molar-refractivity contribution in [3.63, 3.8) is 0 Å². The lowest BCUT2D eigenvalue weighted by molar-refractivity contribution is 0.0779. The van der Waals surface area contributed by atoms with E-state index in [0.29, 0.717) is 24.0 Å². The number of carbonyl (C=O) groups excluding carboxylic acids is 1. The summed E-state index contributed by atoms with van der Waals surface area (Å²) in [6.45, 7) is 4.32. The molecule has 1 aromatic carbocycles. The first-order valence-corrected chi connectivity index (χ1v) is 9.45. The van der Waals surface area contributed by atoms with Gasteiger partial charge >= 0.3 is 6.03 Å². The minimum atomic E-state index is -0.0406. The molecule has 0 unspecified atom stereocenters. The summed E-state index contributed by atoms with van der Waals surface area (Å²) < 4.78 is 6.82. The number of rotatable bonds is 2. The maximum absolute atomic E-state index is 12.5. The van der Waals surface area contributed by atoms with Crippen LogP contribution in [0.25, 0.3) is 10.9 Å². The normalized spacial score (nSPS) is 18.7. The van der Waals surface area contributed by atoms with Gasteiger partial charge in [0, 0.05) is 58.2 Å². The molecule has 8 heteroatoms. The fraction of sp³-hybridized carbons (Fsp3) is 0.526. The number of benzene rings is 1. The van der Waals surface area contributed by atoms with Gasteiger partial charge in [0.25, 0.3) is 5.56 Å². The zero-order chi connectivity index (χ0) is 18.8. The molecule has 0 bridgehead atoms. The Hall–Kier alpha value is -2.61. The number of hydrogen-bond donors (Lipinski definition) is 1. The summed E-state index contributed by atoms with van der Waals surface area (Å²) in [5, 5.41) is 3.74. The quantitative estimate of drug-likeness (QED) is 0.850. The van der Waals surface area contributed by atoms with Crippen LogP contribution < -0.4 is 15.8 Å². The lowest BCUT2D eigenvalue weighted by atomic mass is 10.1. The van der Waals surface area contributed by atoms with Gasteiger partial charge in [-0.1, -0.05) is 0 Å². The number of aryl methyl sites for hydroxylation is 1. The summed E-state index contributed by atoms with van der Waals surface area (Å²) in [5.74, 6) is 0. The first-order valence-electron chi connectivity index (χ1n) is 9.45. The standard InChI is InChI=1S/C19H25N5O3/c1-22-13-20-17-12-15(2-3-16(17)18(22)25)23-6-8-24(9-7-23)19(26)21-14-4-10-27-11-5-14/h2-3,12-14H,4-11H2,1H3,(H,21,26). The van der Waals surface area contributed by atoms with Crippen molar-refractivity contribution >= 4 is 22.6 Å². The second-order valence-electron chi connectivity index (χ2n) is 7.17. The van der Waals surface area contributed by atoms with E-state index in [1.807, 2.05) is 23.1 Å². The maximum Gasteiger partial charge on any atom is 0.317 e. The number of piperazine rings is 1. The van der Waals surface area contributed by atoms with Crippen molar-refractivity contribution in [2.24, 2.45) is 7.05 Å². The molecule has 2 aliphatic rings. The molecule has 2 fully saturated rings. The molecule has 1 aromatic heterocycles. The van der Waals surface area contributed by atoms with Crippen LogP contribution >= 0.6 is 0 Å². The molecule has 0 atom stereocenters. The number of urea groups is 1. The number of nitrogens with zero attached hydrogens (tertiary/aromatic N) is 4. The third kappa shape index (κ3) is 3.75. The number of fused-ring (bicyclic) bond motifs is 1. The molecular formula is C19H25N5O3. The van der Waals surface area contributed by atoms with Crippen LogP contribution in [0.4, 0.5) is 10.5 Å². The van der Waals surface area contributed by atoms with Crippen molar-refractivity contribution in [3.05, 3.63) is 34.9 Å². The second-order valence-corrected chi connectivity index (χ2v) is 7.17. The lowest BCUT2D eigenvalue weighted by Gasteiger charge is -2.37. The van der Waals surface area contributed by atoms with Crippen LogP contribution in [0.1, 0.15) is 12.8 Å². The van der Waals surface area contributed by atoms with Crippen molar-refractivity contribution < 1.29 is 9.53 Å². The minimum Gasteiger partial charge on any atom is -0.381 e. The van der Waals surface area contributed by atoms with Crippen LogP contribution in [0.2, 0.25) is 0 Å². The van der Waals surface area contributed by atoms with E-state index in [-0.39, 0.29) is 17.6 Å². The van der Waals surface area contributed by atoms with Gasteiger partial charge in [0.05, 0.1) is 17.2 Å². The molecular weight excluding hydrogens is 346 g/mol. The molecule has 2 amide bonds. The summed E-state index contributed by atoms with van der Waals surface area (Å²) >= 11 is 0. The SMILES string of the molecule is Cn1cnc2cc(N3CCN(C(=O)NC4CCOCC4)CC3)ccc2c1=O. The largest absolute Gasteiger partial charge is 0.381 e. The number of carbonyl (C=O) groups is 1. The average molecular weight is 371 g/mol. The summed E-state index contributed by atoms with van der Waals surface area (Å²) in [5.41, 5.74) is 1.70. The van der Waals surface area contributed by atoms with Gasteiger partial charge in [-0.25, -0.2) is 9.78 Å². The number of hydrogen-bond acceptors (Lipinski definition) is 5. The molecule has 144 valence electrons. The van der Waals surface area contributed by atoms with Crippen molar-refractivity contribution in [3.8, 4) is 0 Å². The first-order chi connectivity index (χ1) is 13.1. The highest BCUT2D eigenvalue weighted by Crippen LogP contribution is 2.20. The molecule has 27 heavy (non-hydrogen) atoms. The van der Waals surface area contributed by atoms with Crippen LogP contribution in [0.5, 0.6) is 0 Å². The predicted octanol–water partition coefficient (Wildman–Crippen LogP) is 0.944. The van der Waals surface area contributed by atoms with Gasteiger partial charge < -0.3 is 24.4 Å². The number of ether oxygens (including phenoxy) is 1. The van der Waals surface area contributed by atoms with Crippen LogP contribution in [0.15, 0.2) is 29.3 Å². The minimum absolute atomic E-state index is 0.0187. The van der Waals surface area contributed by atoms with E-state index in [1.54, 1.807) is 13.4 Å². The van der Waals surface area contributed by atoms with Crippen LogP contribution in [0.3, 0.4) is 0 Å². The molecule has 0 aliphatic carbocycles. The van der Waals surface area contributed by atoms with E-state index >= 15 is 0 Å².